The molecule has 0 saturated carbocycles. The molecular formula is C14H15N5S. The molecule has 5 nitrogen and oxygen atoms in total. The molecule has 2 heterocycles. The maximum absolute atomic E-state index is 5.32. The summed E-state index contributed by atoms with van der Waals surface area (Å²) in [6, 6.07) is 10.1. The van der Waals surface area contributed by atoms with Gasteiger partial charge in [0.25, 0.3) is 0 Å². The zero-order valence-corrected chi connectivity index (χ0v) is 12.0. The van der Waals surface area contributed by atoms with Crippen molar-refractivity contribution in [1.82, 2.24) is 24.5 Å². The largest absolute Gasteiger partial charge is 0.300 e. The van der Waals surface area contributed by atoms with E-state index in [1.54, 1.807) is 0 Å². The molecule has 6 heteroatoms. The van der Waals surface area contributed by atoms with Gasteiger partial charge in [-0.15, -0.1) is 0 Å². The number of nitrogens with zero attached hydrogens (tertiary/aromatic N) is 4. The Labute approximate surface area is 121 Å². The van der Waals surface area contributed by atoms with Crippen LogP contribution >= 0.6 is 12.2 Å². The highest BCUT2D eigenvalue weighted by Gasteiger charge is 2.08. The van der Waals surface area contributed by atoms with Crippen molar-refractivity contribution in [3.63, 3.8) is 0 Å². The summed E-state index contributed by atoms with van der Waals surface area (Å²) in [6.07, 6.45) is 4.78. The zero-order chi connectivity index (χ0) is 13.9. The number of hydrogen-bond acceptors (Lipinski definition) is 3. The summed E-state index contributed by atoms with van der Waals surface area (Å²) in [6.45, 7) is 0.783. The summed E-state index contributed by atoms with van der Waals surface area (Å²) in [5, 5.41) is 11.4. The van der Waals surface area contributed by atoms with E-state index in [1.807, 2.05) is 59.0 Å². The van der Waals surface area contributed by atoms with E-state index in [9.17, 15) is 0 Å². The molecule has 0 spiro atoms. The Balaban J connectivity index is 1.86. The molecule has 1 aromatic carbocycles. The lowest BCUT2D eigenvalue weighted by atomic mass is 10.2. The molecule has 0 saturated heterocycles. The molecule has 0 amide bonds. The highest BCUT2D eigenvalue weighted by molar-refractivity contribution is 7.71. The number of benzene rings is 1. The Hall–Kier alpha value is -2.21. The first-order valence-corrected chi connectivity index (χ1v) is 6.83. The molecular weight excluding hydrogens is 270 g/mol. The second kappa shape index (κ2) is 5.42. The summed E-state index contributed by atoms with van der Waals surface area (Å²) in [7, 11) is 1.92. The van der Waals surface area contributed by atoms with Crippen molar-refractivity contribution in [2.24, 2.45) is 7.05 Å². The number of rotatable bonds is 4. The quantitative estimate of drug-likeness (QED) is 0.750. The summed E-state index contributed by atoms with van der Waals surface area (Å²) in [5.74, 6) is 0.875. The molecule has 0 aliphatic rings. The maximum atomic E-state index is 5.32. The lowest BCUT2D eigenvalue weighted by Crippen LogP contribution is -2.03. The third kappa shape index (κ3) is 2.55. The minimum absolute atomic E-state index is 0.646. The van der Waals surface area contributed by atoms with Crippen LogP contribution in [0.1, 0.15) is 5.56 Å². The van der Waals surface area contributed by atoms with Crippen LogP contribution in [0.3, 0.4) is 0 Å². The van der Waals surface area contributed by atoms with Gasteiger partial charge in [-0.25, -0.2) is 0 Å². The molecule has 102 valence electrons. The second-order valence-electron chi connectivity index (χ2n) is 4.64. The first-order chi connectivity index (χ1) is 9.74. The summed E-state index contributed by atoms with van der Waals surface area (Å²) >= 11 is 5.32. The van der Waals surface area contributed by atoms with E-state index in [1.165, 1.54) is 5.56 Å². The van der Waals surface area contributed by atoms with Gasteiger partial charge in [-0.1, -0.05) is 30.3 Å². The topological polar surface area (TPSA) is 51.4 Å². The molecule has 0 fully saturated rings. The summed E-state index contributed by atoms with van der Waals surface area (Å²) in [5.41, 5.74) is 2.25. The van der Waals surface area contributed by atoms with Crippen LogP contribution in [-0.4, -0.2) is 24.5 Å². The van der Waals surface area contributed by atoms with Crippen molar-refractivity contribution in [1.29, 1.82) is 0 Å². The molecule has 0 unspecified atom stereocenters. The van der Waals surface area contributed by atoms with Crippen LogP contribution in [0.2, 0.25) is 0 Å². The Morgan fingerprint density at radius 2 is 2.05 bits per heavy atom. The monoisotopic (exact) mass is 285 g/mol. The van der Waals surface area contributed by atoms with Gasteiger partial charge in [-0.05, 0) is 24.2 Å². The molecule has 2 aromatic heterocycles. The number of nitrogens with one attached hydrogen (secondary N) is 1. The molecule has 20 heavy (non-hydrogen) atoms. The molecule has 3 rings (SSSR count). The fourth-order valence-corrected chi connectivity index (χ4v) is 2.40. The number of aromatic amines is 1. The van der Waals surface area contributed by atoms with E-state index >= 15 is 0 Å². The van der Waals surface area contributed by atoms with Gasteiger partial charge in [-0.3, -0.25) is 14.3 Å². The molecule has 3 aromatic rings. The van der Waals surface area contributed by atoms with Crippen molar-refractivity contribution in [2.45, 2.75) is 13.0 Å². The Kier molecular flexibility index (Phi) is 3.47. The van der Waals surface area contributed by atoms with Crippen LogP contribution in [0.5, 0.6) is 0 Å². The van der Waals surface area contributed by atoms with E-state index in [-0.39, 0.29) is 0 Å². The maximum Gasteiger partial charge on any atom is 0.195 e. The fraction of sp³-hybridized carbons (Fsp3) is 0.214. The lowest BCUT2D eigenvalue weighted by molar-refractivity contribution is 0.690. The van der Waals surface area contributed by atoms with Crippen molar-refractivity contribution in [3.05, 3.63) is 53.1 Å². The number of H-pyrrole nitrogens is 1. The van der Waals surface area contributed by atoms with E-state index < -0.39 is 0 Å². The first-order valence-electron chi connectivity index (χ1n) is 6.42. The van der Waals surface area contributed by atoms with Gasteiger partial charge in [0.15, 0.2) is 10.6 Å². The normalized spacial score (nSPS) is 10.8. The van der Waals surface area contributed by atoms with Crippen LogP contribution in [0.25, 0.3) is 11.4 Å². The van der Waals surface area contributed by atoms with Crippen molar-refractivity contribution in [3.8, 4) is 11.4 Å². The number of aromatic nitrogens is 5. The van der Waals surface area contributed by atoms with Gasteiger partial charge in [0.1, 0.15) is 0 Å². The van der Waals surface area contributed by atoms with Crippen LogP contribution in [0.15, 0.2) is 42.7 Å². The predicted octanol–water partition coefficient (Wildman–Crippen LogP) is 2.58. The highest BCUT2D eigenvalue weighted by atomic mass is 32.1. The minimum Gasteiger partial charge on any atom is -0.300 e. The van der Waals surface area contributed by atoms with E-state index in [2.05, 4.69) is 15.3 Å². The van der Waals surface area contributed by atoms with Crippen LogP contribution in [0, 0.1) is 4.77 Å². The molecule has 0 aliphatic carbocycles. The van der Waals surface area contributed by atoms with Crippen LogP contribution in [0.4, 0.5) is 0 Å². The Morgan fingerprint density at radius 3 is 2.75 bits per heavy atom. The predicted molar refractivity (Wildman–Crippen MR) is 79.8 cm³/mol. The van der Waals surface area contributed by atoms with Gasteiger partial charge in [0, 0.05) is 25.4 Å². The molecule has 1 N–H and O–H groups in total. The van der Waals surface area contributed by atoms with Crippen molar-refractivity contribution >= 4 is 12.2 Å². The number of hydrogen-bond donors (Lipinski definition) is 1. The smallest absolute Gasteiger partial charge is 0.195 e. The number of aryl methyl sites for hydroxylation is 2. The summed E-state index contributed by atoms with van der Waals surface area (Å²) in [4.78, 5) is 0. The zero-order valence-electron chi connectivity index (χ0n) is 11.2. The van der Waals surface area contributed by atoms with Gasteiger partial charge in [-0.2, -0.15) is 10.2 Å². The molecule has 0 radical (unpaired) electrons. The molecule has 0 atom stereocenters. The first kappa shape index (κ1) is 12.8. The SMILES string of the molecule is Cn1cc(CCn2c(-c3ccccc3)n[nH]c2=S)cn1. The van der Waals surface area contributed by atoms with Crippen LogP contribution < -0.4 is 0 Å². The lowest BCUT2D eigenvalue weighted by Gasteiger charge is -2.05. The van der Waals surface area contributed by atoms with Crippen LogP contribution in [-0.2, 0) is 20.0 Å². The molecule has 0 bridgehead atoms. The standard InChI is InChI=1S/C14H15N5S/c1-18-10-11(9-15-18)7-8-19-13(16-17-14(19)20)12-5-3-2-4-6-12/h2-6,9-10H,7-8H2,1H3,(H,17,20). The fourth-order valence-electron chi connectivity index (χ4n) is 2.17. The van der Waals surface area contributed by atoms with E-state index in [0.29, 0.717) is 4.77 Å². The summed E-state index contributed by atoms with van der Waals surface area (Å²) < 4.78 is 4.48. The van der Waals surface area contributed by atoms with E-state index in [0.717, 1.165) is 24.4 Å². The third-order valence-electron chi connectivity index (χ3n) is 3.17. The van der Waals surface area contributed by atoms with Crippen molar-refractivity contribution in [2.75, 3.05) is 0 Å². The van der Waals surface area contributed by atoms with Gasteiger partial charge >= 0.3 is 0 Å². The average Bonchev–Trinajstić information content (AvgIpc) is 3.04. The van der Waals surface area contributed by atoms with Crippen molar-refractivity contribution < 1.29 is 0 Å². The minimum atomic E-state index is 0.646. The highest BCUT2D eigenvalue weighted by Crippen LogP contribution is 2.17. The van der Waals surface area contributed by atoms with Gasteiger partial charge in [0.05, 0.1) is 6.20 Å². The van der Waals surface area contributed by atoms with Gasteiger partial charge in [0.2, 0.25) is 0 Å². The van der Waals surface area contributed by atoms with Gasteiger partial charge < -0.3 is 0 Å². The Bertz CT molecular complexity index is 753. The second-order valence-corrected chi connectivity index (χ2v) is 5.03. The Morgan fingerprint density at radius 1 is 1.25 bits per heavy atom. The average molecular weight is 285 g/mol. The third-order valence-corrected chi connectivity index (χ3v) is 3.48. The molecule has 0 aliphatic heterocycles. The van der Waals surface area contributed by atoms with E-state index in [4.69, 9.17) is 12.2 Å².